The highest BCUT2D eigenvalue weighted by Crippen LogP contribution is 2.35. The summed E-state index contributed by atoms with van der Waals surface area (Å²) in [7, 11) is -3.93. The van der Waals surface area contributed by atoms with Crippen molar-refractivity contribution in [3.8, 4) is 11.1 Å². The summed E-state index contributed by atoms with van der Waals surface area (Å²) in [5.74, 6) is 1.18. The molecule has 1 aliphatic carbocycles. The van der Waals surface area contributed by atoms with Crippen LogP contribution in [0.1, 0.15) is 52.4 Å². The van der Waals surface area contributed by atoms with Crippen molar-refractivity contribution in [1.82, 2.24) is 18.8 Å². The van der Waals surface area contributed by atoms with Gasteiger partial charge in [-0.3, -0.25) is 0 Å². The Kier molecular flexibility index (Phi) is 8.30. The van der Waals surface area contributed by atoms with Gasteiger partial charge in [-0.2, -0.15) is 9.29 Å². The van der Waals surface area contributed by atoms with Gasteiger partial charge in [0, 0.05) is 49.5 Å². The van der Waals surface area contributed by atoms with Gasteiger partial charge in [-0.05, 0) is 48.8 Å². The lowest BCUT2D eigenvalue weighted by molar-refractivity contribution is 0.0729. The molecule has 5 rings (SSSR count). The lowest BCUT2D eigenvalue weighted by Gasteiger charge is -2.26. The van der Waals surface area contributed by atoms with Crippen molar-refractivity contribution in [3.63, 3.8) is 0 Å². The SMILES string of the molecule is CCCCNc1ncc2c(-c3ccc(S(=O)(=O)N4CCOCC4)c(F)c3)cn(CC3CCC(C)CC3)c2n1. The molecule has 0 unspecified atom stereocenters. The molecule has 3 aromatic rings. The highest BCUT2D eigenvalue weighted by molar-refractivity contribution is 7.89. The summed E-state index contributed by atoms with van der Waals surface area (Å²) in [5.41, 5.74) is 2.23. The Morgan fingerprint density at radius 3 is 2.63 bits per heavy atom. The molecule has 0 atom stereocenters. The molecule has 1 saturated heterocycles. The van der Waals surface area contributed by atoms with Crippen molar-refractivity contribution in [1.29, 1.82) is 0 Å². The van der Waals surface area contributed by atoms with Crippen LogP contribution in [0.5, 0.6) is 0 Å². The number of halogens is 1. The maximum absolute atomic E-state index is 15.4. The minimum Gasteiger partial charge on any atom is -0.379 e. The number of hydrogen-bond acceptors (Lipinski definition) is 6. The molecular weight excluding hydrogens is 505 g/mol. The standard InChI is InChI=1S/C28H38FN5O3S/c1-3-4-11-30-28-31-17-23-24(19-33(27(23)32-28)18-21-7-5-20(2)6-8-21)22-9-10-26(25(29)16-22)38(35,36)34-12-14-37-15-13-34/h9-10,16-17,19-21H,3-8,11-15,18H2,1-2H3,(H,30,31,32). The Morgan fingerprint density at radius 1 is 1.16 bits per heavy atom. The molecule has 1 aliphatic heterocycles. The van der Waals surface area contributed by atoms with Crippen LogP contribution in [-0.2, 0) is 21.3 Å². The van der Waals surface area contributed by atoms with Crippen molar-refractivity contribution in [2.45, 2.75) is 63.8 Å². The van der Waals surface area contributed by atoms with Gasteiger partial charge in [0.05, 0.1) is 13.2 Å². The Balaban J connectivity index is 1.49. The van der Waals surface area contributed by atoms with Crippen LogP contribution in [0.4, 0.5) is 10.3 Å². The number of hydrogen-bond donors (Lipinski definition) is 1. The van der Waals surface area contributed by atoms with Gasteiger partial charge >= 0.3 is 0 Å². The Bertz CT molecular complexity index is 1360. The molecule has 0 bridgehead atoms. The Labute approximate surface area is 224 Å². The highest BCUT2D eigenvalue weighted by Gasteiger charge is 2.29. The van der Waals surface area contributed by atoms with E-state index in [0.29, 0.717) is 30.6 Å². The van der Waals surface area contributed by atoms with E-state index in [1.165, 1.54) is 42.1 Å². The number of ether oxygens (including phenoxy) is 1. The second kappa shape index (κ2) is 11.7. The van der Waals surface area contributed by atoms with Gasteiger partial charge in [0.2, 0.25) is 16.0 Å². The van der Waals surface area contributed by atoms with E-state index < -0.39 is 15.8 Å². The summed E-state index contributed by atoms with van der Waals surface area (Å²) < 4.78 is 50.2. The number of benzene rings is 1. The van der Waals surface area contributed by atoms with Gasteiger partial charge in [-0.15, -0.1) is 0 Å². The molecule has 2 aromatic heterocycles. The fourth-order valence-electron chi connectivity index (χ4n) is 5.49. The van der Waals surface area contributed by atoms with Crippen LogP contribution in [-0.4, -0.2) is 60.1 Å². The van der Waals surface area contributed by atoms with Crippen LogP contribution in [0, 0.1) is 17.7 Å². The molecule has 0 amide bonds. The van der Waals surface area contributed by atoms with E-state index in [0.717, 1.165) is 48.4 Å². The van der Waals surface area contributed by atoms with Gasteiger partial charge in [0.15, 0.2) is 0 Å². The van der Waals surface area contributed by atoms with Gasteiger partial charge in [-0.1, -0.05) is 39.2 Å². The monoisotopic (exact) mass is 543 g/mol. The first-order valence-corrected chi connectivity index (χ1v) is 15.3. The average Bonchev–Trinajstić information content (AvgIpc) is 3.28. The third-order valence-corrected chi connectivity index (χ3v) is 9.78. The molecule has 3 heterocycles. The lowest BCUT2D eigenvalue weighted by Crippen LogP contribution is -2.40. The maximum Gasteiger partial charge on any atom is 0.246 e. The zero-order valence-electron chi connectivity index (χ0n) is 22.3. The molecule has 38 heavy (non-hydrogen) atoms. The fourth-order valence-corrected chi connectivity index (χ4v) is 6.95. The zero-order chi connectivity index (χ0) is 26.7. The van der Waals surface area contributed by atoms with Gasteiger partial charge < -0.3 is 14.6 Å². The maximum atomic E-state index is 15.4. The Morgan fingerprint density at radius 2 is 1.92 bits per heavy atom. The minimum absolute atomic E-state index is 0.225. The molecule has 1 saturated carbocycles. The number of fused-ring (bicyclic) bond motifs is 1. The fraction of sp³-hybridized carbons (Fsp3) is 0.571. The van der Waals surface area contributed by atoms with Crippen LogP contribution in [0.2, 0.25) is 0 Å². The van der Waals surface area contributed by atoms with Crippen molar-refractivity contribution in [2.75, 3.05) is 38.2 Å². The molecule has 10 heteroatoms. The summed E-state index contributed by atoms with van der Waals surface area (Å²) in [6.07, 6.45) is 10.8. The van der Waals surface area contributed by atoms with E-state index in [1.54, 1.807) is 12.3 Å². The van der Waals surface area contributed by atoms with Gasteiger partial charge in [0.25, 0.3) is 0 Å². The topological polar surface area (TPSA) is 89.4 Å². The van der Waals surface area contributed by atoms with Gasteiger partial charge in [0.1, 0.15) is 16.4 Å². The normalized spacial score (nSPS) is 21.1. The minimum atomic E-state index is -3.93. The van der Waals surface area contributed by atoms with Crippen LogP contribution >= 0.6 is 0 Å². The smallest absolute Gasteiger partial charge is 0.246 e. The summed E-state index contributed by atoms with van der Waals surface area (Å²) >= 11 is 0. The van der Waals surface area contributed by atoms with Crippen molar-refractivity contribution in [3.05, 3.63) is 36.4 Å². The molecule has 2 aliphatic rings. The van der Waals surface area contributed by atoms with Crippen molar-refractivity contribution in [2.24, 2.45) is 11.8 Å². The van der Waals surface area contributed by atoms with E-state index in [9.17, 15) is 8.42 Å². The third-order valence-electron chi connectivity index (χ3n) is 7.85. The molecule has 1 N–H and O–H groups in total. The molecular formula is C28H38FN5O3S. The summed E-state index contributed by atoms with van der Waals surface area (Å²) in [4.78, 5) is 9.07. The van der Waals surface area contributed by atoms with Crippen LogP contribution in [0.3, 0.4) is 0 Å². The average molecular weight is 544 g/mol. The number of unbranched alkanes of at least 4 members (excludes halogenated alkanes) is 1. The summed E-state index contributed by atoms with van der Waals surface area (Å²) in [5, 5.41) is 4.14. The van der Waals surface area contributed by atoms with E-state index in [-0.39, 0.29) is 18.0 Å². The van der Waals surface area contributed by atoms with E-state index in [2.05, 4.69) is 28.7 Å². The third kappa shape index (κ3) is 5.72. The first-order valence-electron chi connectivity index (χ1n) is 13.8. The molecule has 1 aromatic carbocycles. The van der Waals surface area contributed by atoms with Gasteiger partial charge in [-0.25, -0.2) is 17.8 Å². The van der Waals surface area contributed by atoms with E-state index in [4.69, 9.17) is 9.72 Å². The number of rotatable bonds is 9. The number of sulfonamides is 1. The first-order chi connectivity index (χ1) is 18.4. The van der Waals surface area contributed by atoms with Crippen molar-refractivity contribution >= 4 is 27.0 Å². The van der Waals surface area contributed by atoms with Crippen molar-refractivity contribution < 1.29 is 17.5 Å². The molecule has 206 valence electrons. The van der Waals surface area contributed by atoms with Crippen LogP contribution in [0.15, 0.2) is 35.5 Å². The van der Waals surface area contributed by atoms with E-state index in [1.807, 2.05) is 6.20 Å². The number of nitrogens with one attached hydrogen (secondary N) is 1. The second-order valence-electron chi connectivity index (χ2n) is 10.7. The summed E-state index contributed by atoms with van der Waals surface area (Å²) in [6, 6.07) is 4.38. The van der Waals surface area contributed by atoms with E-state index >= 15 is 4.39 Å². The second-order valence-corrected chi connectivity index (χ2v) is 12.6. The molecule has 2 fully saturated rings. The first kappa shape index (κ1) is 27.0. The largest absolute Gasteiger partial charge is 0.379 e. The predicted molar refractivity (Wildman–Crippen MR) is 147 cm³/mol. The predicted octanol–water partition coefficient (Wildman–Crippen LogP) is 5.30. The molecule has 0 radical (unpaired) electrons. The lowest BCUT2D eigenvalue weighted by atomic mass is 9.83. The van der Waals surface area contributed by atoms with Crippen LogP contribution in [0.25, 0.3) is 22.2 Å². The van der Waals surface area contributed by atoms with Crippen LogP contribution < -0.4 is 5.32 Å². The molecule has 0 spiro atoms. The number of anilines is 1. The molecule has 8 nitrogen and oxygen atoms in total. The number of nitrogens with zero attached hydrogens (tertiary/aromatic N) is 4. The summed E-state index contributed by atoms with van der Waals surface area (Å²) in [6.45, 7) is 7.19. The number of morpholine rings is 1. The highest BCUT2D eigenvalue weighted by atomic mass is 32.2. The Hall–Kier alpha value is -2.56. The quantitative estimate of drug-likeness (QED) is 0.369. The zero-order valence-corrected chi connectivity index (χ0v) is 23.1. The number of aromatic nitrogens is 3.